The molecule has 0 heterocycles. The number of carbonyl (C=O) groups excluding carboxylic acids is 2. The predicted octanol–water partition coefficient (Wildman–Crippen LogP) is 2.44. The van der Waals surface area contributed by atoms with Crippen LogP contribution in [0.4, 0.5) is 5.69 Å². The van der Waals surface area contributed by atoms with E-state index in [4.69, 9.17) is 9.47 Å². The molecule has 2 N–H and O–H groups in total. The van der Waals surface area contributed by atoms with Gasteiger partial charge in [0, 0.05) is 12.6 Å². The largest absolute Gasteiger partial charge is 0.497 e. The molecule has 0 aliphatic carbocycles. The molecule has 1 aromatic carbocycles. The number of anilines is 1. The summed E-state index contributed by atoms with van der Waals surface area (Å²) in [6.07, 6.45) is 0. The first-order chi connectivity index (χ1) is 10.7. The molecule has 1 aromatic rings. The Kier molecular flexibility index (Phi) is 6.42. The zero-order valence-corrected chi connectivity index (χ0v) is 14.6. The second-order valence-electron chi connectivity index (χ2n) is 6.25. The second kappa shape index (κ2) is 7.85. The quantitative estimate of drug-likeness (QED) is 0.756. The van der Waals surface area contributed by atoms with Gasteiger partial charge in [0.15, 0.2) is 0 Å². The predicted molar refractivity (Wildman–Crippen MR) is 89.8 cm³/mol. The van der Waals surface area contributed by atoms with Crippen molar-refractivity contribution < 1.29 is 19.1 Å². The monoisotopic (exact) mass is 322 g/mol. The topological polar surface area (TPSA) is 76.7 Å². The van der Waals surface area contributed by atoms with Crippen LogP contribution in [-0.2, 0) is 9.59 Å². The summed E-state index contributed by atoms with van der Waals surface area (Å²) in [5, 5.41) is 5.52. The van der Waals surface area contributed by atoms with Crippen LogP contribution in [0.5, 0.6) is 11.5 Å². The first-order valence-electron chi connectivity index (χ1n) is 7.54. The van der Waals surface area contributed by atoms with Gasteiger partial charge in [-0.1, -0.05) is 13.8 Å². The average Bonchev–Trinajstić information content (AvgIpc) is 2.52. The van der Waals surface area contributed by atoms with E-state index in [1.165, 1.54) is 14.2 Å². The third kappa shape index (κ3) is 4.87. The normalized spacial score (nSPS) is 11.1. The third-order valence-corrected chi connectivity index (χ3v) is 3.46. The molecule has 2 amide bonds. The van der Waals surface area contributed by atoms with Gasteiger partial charge in [-0.05, 0) is 31.9 Å². The Morgan fingerprint density at radius 1 is 1.13 bits per heavy atom. The first-order valence-corrected chi connectivity index (χ1v) is 7.54. The van der Waals surface area contributed by atoms with Crippen molar-refractivity contribution in [1.29, 1.82) is 0 Å². The molecule has 23 heavy (non-hydrogen) atoms. The molecule has 128 valence electrons. The van der Waals surface area contributed by atoms with Crippen molar-refractivity contribution in [2.75, 3.05) is 26.1 Å². The van der Waals surface area contributed by atoms with Gasteiger partial charge in [-0.2, -0.15) is 0 Å². The molecule has 0 fully saturated rings. The van der Waals surface area contributed by atoms with Crippen LogP contribution >= 0.6 is 0 Å². The fourth-order valence-electron chi connectivity index (χ4n) is 1.81. The average molecular weight is 322 g/mol. The summed E-state index contributed by atoms with van der Waals surface area (Å²) in [6, 6.07) is 5.08. The molecule has 0 unspecified atom stereocenters. The van der Waals surface area contributed by atoms with Gasteiger partial charge in [0.05, 0.1) is 19.9 Å². The summed E-state index contributed by atoms with van der Waals surface area (Å²) in [6.45, 7) is 7.69. The van der Waals surface area contributed by atoms with Crippen LogP contribution in [0.3, 0.4) is 0 Å². The SMILES string of the molecule is COc1ccc(OC)c(NC(=O)C(C)(C)C(=O)NCC(C)C)c1. The van der Waals surface area contributed by atoms with Gasteiger partial charge in [-0.3, -0.25) is 9.59 Å². The summed E-state index contributed by atoms with van der Waals surface area (Å²) in [7, 11) is 3.05. The van der Waals surface area contributed by atoms with E-state index in [-0.39, 0.29) is 5.91 Å². The Balaban J connectivity index is 2.91. The van der Waals surface area contributed by atoms with E-state index in [2.05, 4.69) is 10.6 Å². The van der Waals surface area contributed by atoms with E-state index in [0.29, 0.717) is 29.6 Å². The molecule has 1 rings (SSSR count). The highest BCUT2D eigenvalue weighted by Crippen LogP contribution is 2.30. The van der Waals surface area contributed by atoms with Crippen LogP contribution in [0.15, 0.2) is 18.2 Å². The summed E-state index contributed by atoms with van der Waals surface area (Å²) in [5.41, 5.74) is -0.746. The maximum Gasteiger partial charge on any atom is 0.239 e. The first kappa shape index (κ1) is 18.8. The fraction of sp³-hybridized carbons (Fsp3) is 0.529. The number of nitrogens with one attached hydrogen (secondary N) is 2. The van der Waals surface area contributed by atoms with Gasteiger partial charge in [-0.15, -0.1) is 0 Å². The number of hydrogen-bond acceptors (Lipinski definition) is 4. The summed E-state index contributed by atoms with van der Waals surface area (Å²) < 4.78 is 10.4. The molecule has 0 saturated heterocycles. The molecule has 0 aliphatic rings. The zero-order valence-electron chi connectivity index (χ0n) is 14.6. The molecular formula is C17H26N2O4. The number of amides is 2. The van der Waals surface area contributed by atoms with Gasteiger partial charge in [0.1, 0.15) is 16.9 Å². The van der Waals surface area contributed by atoms with Crippen molar-refractivity contribution in [2.45, 2.75) is 27.7 Å². The van der Waals surface area contributed by atoms with E-state index < -0.39 is 11.3 Å². The summed E-state index contributed by atoms with van der Waals surface area (Å²) >= 11 is 0. The molecular weight excluding hydrogens is 296 g/mol. The van der Waals surface area contributed by atoms with Crippen LogP contribution in [0.25, 0.3) is 0 Å². The van der Waals surface area contributed by atoms with Crippen LogP contribution in [0.1, 0.15) is 27.7 Å². The highest BCUT2D eigenvalue weighted by molar-refractivity contribution is 6.10. The molecule has 0 atom stereocenters. The Bertz CT molecular complexity index is 568. The maximum absolute atomic E-state index is 12.5. The molecule has 0 spiro atoms. The lowest BCUT2D eigenvalue weighted by molar-refractivity contribution is -0.138. The molecule has 0 aliphatic heterocycles. The van der Waals surface area contributed by atoms with Gasteiger partial charge >= 0.3 is 0 Å². The van der Waals surface area contributed by atoms with Crippen LogP contribution < -0.4 is 20.1 Å². The van der Waals surface area contributed by atoms with E-state index >= 15 is 0 Å². The van der Waals surface area contributed by atoms with E-state index in [0.717, 1.165) is 0 Å². The number of carbonyl (C=O) groups is 2. The second-order valence-corrected chi connectivity index (χ2v) is 6.25. The van der Waals surface area contributed by atoms with Gasteiger partial charge < -0.3 is 20.1 Å². The standard InChI is InChI=1S/C17H26N2O4/c1-11(2)10-18-15(20)17(3,4)16(21)19-13-9-12(22-5)7-8-14(13)23-6/h7-9,11H,10H2,1-6H3,(H,18,20)(H,19,21). The number of benzene rings is 1. The van der Waals surface area contributed by atoms with Crippen molar-refractivity contribution in [1.82, 2.24) is 5.32 Å². The van der Waals surface area contributed by atoms with Crippen molar-refractivity contribution in [2.24, 2.45) is 11.3 Å². The lowest BCUT2D eigenvalue weighted by Gasteiger charge is -2.24. The Labute approximate surface area is 137 Å². The number of ether oxygens (including phenoxy) is 2. The Hall–Kier alpha value is -2.24. The van der Waals surface area contributed by atoms with Gasteiger partial charge in [0.25, 0.3) is 0 Å². The number of hydrogen-bond donors (Lipinski definition) is 2. The summed E-state index contributed by atoms with van der Waals surface area (Å²) in [4.78, 5) is 24.8. The van der Waals surface area contributed by atoms with Crippen molar-refractivity contribution in [3.05, 3.63) is 18.2 Å². The van der Waals surface area contributed by atoms with E-state index in [9.17, 15) is 9.59 Å². The van der Waals surface area contributed by atoms with Crippen molar-refractivity contribution in [3.63, 3.8) is 0 Å². The lowest BCUT2D eigenvalue weighted by Crippen LogP contribution is -2.46. The molecule has 0 aromatic heterocycles. The molecule has 6 heteroatoms. The van der Waals surface area contributed by atoms with Crippen molar-refractivity contribution >= 4 is 17.5 Å². The fourth-order valence-corrected chi connectivity index (χ4v) is 1.81. The Morgan fingerprint density at radius 2 is 1.78 bits per heavy atom. The molecule has 0 radical (unpaired) electrons. The van der Waals surface area contributed by atoms with Crippen LogP contribution in [0, 0.1) is 11.3 Å². The van der Waals surface area contributed by atoms with E-state index in [1.54, 1.807) is 32.0 Å². The van der Waals surface area contributed by atoms with Crippen molar-refractivity contribution in [3.8, 4) is 11.5 Å². The maximum atomic E-state index is 12.5. The molecule has 0 saturated carbocycles. The highest BCUT2D eigenvalue weighted by atomic mass is 16.5. The Morgan fingerprint density at radius 3 is 2.30 bits per heavy atom. The highest BCUT2D eigenvalue weighted by Gasteiger charge is 2.36. The smallest absolute Gasteiger partial charge is 0.239 e. The van der Waals surface area contributed by atoms with Crippen LogP contribution in [0.2, 0.25) is 0 Å². The minimum Gasteiger partial charge on any atom is -0.497 e. The molecule has 0 bridgehead atoms. The minimum atomic E-state index is -1.21. The third-order valence-electron chi connectivity index (χ3n) is 3.46. The lowest BCUT2D eigenvalue weighted by atomic mass is 9.90. The number of rotatable bonds is 7. The summed E-state index contributed by atoms with van der Waals surface area (Å²) in [5.74, 6) is 0.674. The molecule has 6 nitrogen and oxygen atoms in total. The van der Waals surface area contributed by atoms with E-state index in [1.807, 2.05) is 13.8 Å². The van der Waals surface area contributed by atoms with Gasteiger partial charge in [0.2, 0.25) is 11.8 Å². The van der Waals surface area contributed by atoms with Gasteiger partial charge in [-0.25, -0.2) is 0 Å². The zero-order chi connectivity index (χ0) is 17.6. The minimum absolute atomic E-state index is 0.314. The van der Waals surface area contributed by atoms with Crippen LogP contribution in [-0.4, -0.2) is 32.6 Å². The number of methoxy groups -OCH3 is 2.